The van der Waals surface area contributed by atoms with Crippen molar-refractivity contribution in [1.82, 2.24) is 20.0 Å². The second-order valence-electron chi connectivity index (χ2n) is 9.43. The zero-order chi connectivity index (χ0) is 21.9. The number of anilines is 1. The normalized spacial score (nSPS) is 27.4. The molecule has 2 unspecified atom stereocenters. The van der Waals surface area contributed by atoms with Crippen molar-refractivity contribution in [2.45, 2.75) is 57.0 Å². The summed E-state index contributed by atoms with van der Waals surface area (Å²) < 4.78 is 0. The Morgan fingerprint density at radius 1 is 0.938 bits per heavy atom. The predicted octanol–water partition coefficient (Wildman–Crippen LogP) is 3.32. The number of hydrogen-bond donors (Lipinski definition) is 1. The van der Waals surface area contributed by atoms with Crippen LogP contribution in [0.4, 0.5) is 10.5 Å². The van der Waals surface area contributed by atoms with Gasteiger partial charge in [-0.1, -0.05) is 24.6 Å². The van der Waals surface area contributed by atoms with E-state index in [4.69, 9.17) is 0 Å². The molecule has 0 aliphatic carbocycles. The number of nitriles is 1. The van der Waals surface area contributed by atoms with Crippen LogP contribution in [0.1, 0.15) is 44.9 Å². The number of rotatable bonds is 5. The maximum Gasteiger partial charge on any atom is 0.330 e. The fourth-order valence-electron chi connectivity index (χ4n) is 5.88. The van der Waals surface area contributed by atoms with Gasteiger partial charge in [-0.3, -0.25) is 9.80 Å². The molecule has 1 aromatic rings. The Hall–Kier alpha value is -2.56. The van der Waals surface area contributed by atoms with Gasteiger partial charge >= 0.3 is 6.03 Å². The number of nitrogens with one attached hydrogen (secondary N) is 1. The quantitative estimate of drug-likeness (QED) is 0.770. The molecule has 7 heteroatoms. The van der Waals surface area contributed by atoms with Gasteiger partial charge in [-0.2, -0.15) is 5.26 Å². The van der Waals surface area contributed by atoms with E-state index in [2.05, 4.69) is 21.2 Å². The summed E-state index contributed by atoms with van der Waals surface area (Å²) in [5.74, 6) is 0.683. The highest BCUT2D eigenvalue weighted by Crippen LogP contribution is 2.36. The van der Waals surface area contributed by atoms with E-state index in [0.717, 1.165) is 51.1 Å². The number of fused-ring (bicyclic) bond motifs is 1. The van der Waals surface area contributed by atoms with Gasteiger partial charge in [0.2, 0.25) is 0 Å². The van der Waals surface area contributed by atoms with Gasteiger partial charge in [0.25, 0.3) is 0 Å². The molecule has 1 aromatic carbocycles. The van der Waals surface area contributed by atoms with Crippen LogP contribution in [0.25, 0.3) is 0 Å². The number of benzene rings is 1. The first-order chi connectivity index (χ1) is 15.8. The predicted molar refractivity (Wildman–Crippen MR) is 125 cm³/mol. The minimum Gasteiger partial charge on any atom is -0.357 e. The third-order valence-corrected chi connectivity index (χ3v) is 7.47. The third-order valence-electron chi connectivity index (χ3n) is 7.47. The first kappa shape index (κ1) is 21.3. The summed E-state index contributed by atoms with van der Waals surface area (Å²) in [5.41, 5.74) is 1.53. The summed E-state index contributed by atoms with van der Waals surface area (Å²) >= 11 is 0. The molecule has 2 atom stereocenters. The average Bonchev–Trinajstić information content (AvgIpc) is 3.50. The van der Waals surface area contributed by atoms with Crippen molar-refractivity contribution >= 4 is 11.7 Å². The van der Waals surface area contributed by atoms with E-state index in [-0.39, 0.29) is 18.1 Å². The highest BCUT2D eigenvalue weighted by Gasteiger charge is 2.46. The van der Waals surface area contributed by atoms with E-state index in [0.29, 0.717) is 24.6 Å². The van der Waals surface area contributed by atoms with Crippen molar-refractivity contribution in [1.29, 1.82) is 5.26 Å². The first-order valence-electron chi connectivity index (χ1n) is 12.3. The van der Waals surface area contributed by atoms with E-state index in [9.17, 15) is 10.1 Å². The monoisotopic (exact) mass is 434 g/mol. The van der Waals surface area contributed by atoms with Crippen molar-refractivity contribution in [2.75, 3.05) is 44.3 Å². The summed E-state index contributed by atoms with van der Waals surface area (Å²) in [7, 11) is 0. The largest absolute Gasteiger partial charge is 0.357 e. The van der Waals surface area contributed by atoms with Gasteiger partial charge in [0.1, 0.15) is 11.9 Å². The molecule has 2 amide bonds. The molecule has 32 heavy (non-hydrogen) atoms. The fourth-order valence-corrected chi connectivity index (χ4v) is 5.88. The maximum atomic E-state index is 14.0. The maximum absolute atomic E-state index is 14.0. The van der Waals surface area contributed by atoms with Crippen LogP contribution in [-0.2, 0) is 0 Å². The van der Waals surface area contributed by atoms with E-state index < -0.39 is 0 Å². The standard InChI is InChI=1S/C25H34N6O/c26-18-21-23-22(29-15-8-9-16-29)12-4-5-17-30(23)25(32)31(20-10-2-1-3-11-20)24(21)27-19-28-13-6-7-14-28/h1-3,10-11,22-23,27H,4-9,12-17,19H2. The number of amides is 2. The summed E-state index contributed by atoms with van der Waals surface area (Å²) in [6.45, 7) is 5.64. The molecule has 1 N–H and O–H groups in total. The molecule has 170 valence electrons. The zero-order valence-corrected chi connectivity index (χ0v) is 18.9. The number of carbonyl (C=O) groups excluding carboxylic acids is 1. The average molecular weight is 435 g/mol. The number of urea groups is 1. The Morgan fingerprint density at radius 2 is 1.62 bits per heavy atom. The van der Waals surface area contributed by atoms with Gasteiger partial charge < -0.3 is 10.2 Å². The number of nitrogens with zero attached hydrogens (tertiary/aromatic N) is 5. The molecule has 3 fully saturated rings. The number of likely N-dealkylation sites (tertiary alicyclic amines) is 2. The van der Waals surface area contributed by atoms with Crippen LogP contribution in [-0.4, -0.2) is 72.2 Å². The molecule has 0 bridgehead atoms. The van der Waals surface area contributed by atoms with Crippen molar-refractivity contribution in [3.8, 4) is 6.07 Å². The Morgan fingerprint density at radius 3 is 2.34 bits per heavy atom. The molecule has 4 aliphatic heterocycles. The van der Waals surface area contributed by atoms with Crippen molar-refractivity contribution < 1.29 is 4.79 Å². The topological polar surface area (TPSA) is 65.9 Å². The van der Waals surface area contributed by atoms with E-state index in [1.54, 1.807) is 4.90 Å². The Balaban J connectivity index is 1.57. The van der Waals surface area contributed by atoms with Gasteiger partial charge in [-0.25, -0.2) is 9.69 Å². The van der Waals surface area contributed by atoms with Crippen LogP contribution < -0.4 is 10.2 Å². The van der Waals surface area contributed by atoms with Gasteiger partial charge in [-0.15, -0.1) is 0 Å². The van der Waals surface area contributed by atoms with Gasteiger partial charge in [-0.05, 0) is 76.8 Å². The molecule has 3 saturated heterocycles. The highest BCUT2D eigenvalue weighted by molar-refractivity contribution is 5.97. The molecular weight excluding hydrogens is 400 g/mol. The summed E-state index contributed by atoms with van der Waals surface area (Å²) in [6.07, 6.45) is 7.97. The molecule has 4 heterocycles. The van der Waals surface area contributed by atoms with Gasteiger partial charge in [0.05, 0.1) is 24.0 Å². The highest BCUT2D eigenvalue weighted by atomic mass is 16.2. The van der Waals surface area contributed by atoms with E-state index >= 15 is 0 Å². The SMILES string of the molecule is N#CC1=C(NCN2CCCC2)N(c2ccccc2)C(=O)N2CCCCC(N3CCCC3)C12. The second-order valence-corrected chi connectivity index (χ2v) is 9.43. The summed E-state index contributed by atoms with van der Waals surface area (Å²) in [4.78, 5) is 22.6. The lowest BCUT2D eigenvalue weighted by atomic mass is 9.93. The molecule has 0 radical (unpaired) electrons. The summed E-state index contributed by atoms with van der Waals surface area (Å²) in [5, 5.41) is 14.0. The van der Waals surface area contributed by atoms with Crippen LogP contribution in [0, 0.1) is 11.3 Å². The minimum atomic E-state index is -0.172. The Labute approximate surface area is 191 Å². The van der Waals surface area contributed by atoms with Gasteiger partial charge in [0, 0.05) is 12.6 Å². The number of hydrogen-bond acceptors (Lipinski definition) is 5. The van der Waals surface area contributed by atoms with Crippen LogP contribution in [0.15, 0.2) is 41.7 Å². The molecule has 5 rings (SSSR count). The Kier molecular flexibility index (Phi) is 6.33. The van der Waals surface area contributed by atoms with Crippen molar-refractivity contribution in [3.63, 3.8) is 0 Å². The lowest BCUT2D eigenvalue weighted by molar-refractivity contribution is 0.131. The minimum absolute atomic E-state index is 0.00443. The Bertz CT molecular complexity index is 881. The van der Waals surface area contributed by atoms with Crippen LogP contribution in [0.5, 0.6) is 0 Å². The smallest absolute Gasteiger partial charge is 0.330 e. The first-order valence-corrected chi connectivity index (χ1v) is 12.3. The molecular formula is C25H34N6O. The summed E-state index contributed by atoms with van der Waals surface area (Å²) in [6, 6.07) is 12.4. The van der Waals surface area contributed by atoms with Crippen molar-refractivity contribution in [3.05, 3.63) is 41.7 Å². The number of carbonyl (C=O) groups is 1. The third kappa shape index (κ3) is 3.98. The van der Waals surface area contributed by atoms with Crippen LogP contribution in [0.2, 0.25) is 0 Å². The van der Waals surface area contributed by atoms with Gasteiger partial charge in [0.15, 0.2) is 0 Å². The second kappa shape index (κ2) is 9.51. The van der Waals surface area contributed by atoms with Crippen LogP contribution >= 0.6 is 0 Å². The van der Waals surface area contributed by atoms with Crippen molar-refractivity contribution in [2.24, 2.45) is 0 Å². The lowest BCUT2D eigenvalue weighted by Gasteiger charge is -2.46. The molecule has 4 aliphatic rings. The molecule has 7 nitrogen and oxygen atoms in total. The molecule has 0 saturated carbocycles. The molecule has 0 aromatic heterocycles. The molecule has 0 spiro atoms. The lowest BCUT2D eigenvalue weighted by Crippen LogP contribution is -2.61. The van der Waals surface area contributed by atoms with E-state index in [1.165, 1.54) is 25.7 Å². The fraction of sp³-hybridized carbons (Fsp3) is 0.600. The van der Waals surface area contributed by atoms with E-state index in [1.807, 2.05) is 35.2 Å². The number of para-hydroxylation sites is 1. The van der Waals surface area contributed by atoms with Crippen LogP contribution in [0.3, 0.4) is 0 Å². The zero-order valence-electron chi connectivity index (χ0n) is 18.9.